The molecule has 2 nitrogen and oxygen atoms in total. The van der Waals surface area contributed by atoms with Gasteiger partial charge in [0, 0.05) is 17.8 Å². The summed E-state index contributed by atoms with van der Waals surface area (Å²) in [6.07, 6.45) is 0. The fraction of sp³-hybridized carbons (Fsp3) is 0.379. The van der Waals surface area contributed by atoms with Crippen molar-refractivity contribution in [2.75, 3.05) is 5.32 Å². The third-order valence-electron chi connectivity index (χ3n) is 6.97. The largest absolute Gasteiger partial charge is 0.643 e. The lowest BCUT2D eigenvalue weighted by Crippen LogP contribution is -2.31. The monoisotopic (exact) mass is 599 g/mol. The molecule has 0 spiro atoms. The topological polar surface area (TPSA) is 21.3 Å². The fourth-order valence-electron chi connectivity index (χ4n) is 4.99. The molecule has 0 fully saturated rings. The summed E-state index contributed by atoms with van der Waals surface area (Å²) < 4.78 is 19.9. The highest BCUT2D eigenvalue weighted by Gasteiger charge is 2.44. The Kier molecular flexibility index (Phi) is 11.5. The van der Waals surface area contributed by atoms with Crippen molar-refractivity contribution in [3.8, 4) is 5.75 Å². The quantitative estimate of drug-likeness (QED) is 0.294. The van der Waals surface area contributed by atoms with Crippen molar-refractivity contribution < 1.29 is 9.13 Å². The number of fused-ring (bicyclic) bond motifs is 1. The zero-order chi connectivity index (χ0) is 26.8. The molecule has 3 aromatic rings. The molecule has 0 radical (unpaired) electrons. The van der Waals surface area contributed by atoms with Gasteiger partial charge in [-0.1, -0.05) is 50.2 Å². The van der Waals surface area contributed by atoms with E-state index in [2.05, 4.69) is 78.0 Å². The zero-order valence-electron chi connectivity index (χ0n) is 22.4. The fourth-order valence-corrected chi connectivity index (χ4v) is 4.99. The molecule has 1 atom stereocenters. The maximum Gasteiger partial charge on any atom is 0.643 e. The molecule has 1 N–H and O–H groups in total. The number of hydrogen-bond acceptors (Lipinski definition) is 2. The molecule has 3 aromatic carbocycles. The van der Waals surface area contributed by atoms with E-state index in [0.29, 0.717) is 12.5 Å². The van der Waals surface area contributed by atoms with E-state index >= 15 is 0 Å². The first-order valence-electron chi connectivity index (χ1n) is 12.2. The summed E-state index contributed by atoms with van der Waals surface area (Å²) in [4.78, 5) is 0. The summed E-state index contributed by atoms with van der Waals surface area (Å²) >= 11 is -1.72. The molecule has 0 saturated carbocycles. The molecule has 0 saturated heterocycles. The first-order chi connectivity index (χ1) is 16.8. The Balaban J connectivity index is 0.000000898. The van der Waals surface area contributed by atoms with Crippen LogP contribution in [0.15, 0.2) is 48.5 Å². The van der Waals surface area contributed by atoms with Crippen LogP contribution in [0.25, 0.3) is 0 Å². The minimum atomic E-state index is -1.72. The first kappa shape index (κ1) is 32.1. The average molecular weight is 601 g/mol. The average Bonchev–Trinajstić information content (AvgIpc) is 3.09. The van der Waals surface area contributed by atoms with Crippen LogP contribution < -0.4 is 10.1 Å². The maximum atomic E-state index is 13.3. The molecular weight excluding hydrogens is 566 g/mol. The van der Waals surface area contributed by atoms with Gasteiger partial charge in [-0.05, 0) is 86.1 Å². The van der Waals surface area contributed by atoms with E-state index in [1.807, 2.05) is 12.1 Å². The Bertz CT molecular complexity index is 1200. The summed E-state index contributed by atoms with van der Waals surface area (Å²) in [5, 5.41) is 3.63. The molecule has 200 valence electrons. The number of rotatable bonds is 5. The highest BCUT2D eigenvalue weighted by molar-refractivity contribution is 7.54. The normalized spacial score (nSPS) is 15.2. The van der Waals surface area contributed by atoms with Crippen LogP contribution in [0.2, 0.25) is 0 Å². The minimum absolute atomic E-state index is 0. The lowest BCUT2D eigenvalue weighted by molar-refractivity contribution is 0.121. The van der Waals surface area contributed by atoms with Gasteiger partial charge in [-0.2, -0.15) is 0 Å². The molecule has 1 heterocycles. The number of hydrogen-bond donors (Lipinski definition) is 1. The molecule has 0 bridgehead atoms. The van der Waals surface area contributed by atoms with Gasteiger partial charge in [0.2, 0.25) is 0 Å². The molecule has 8 heteroatoms. The number of benzene rings is 3. The molecule has 0 aromatic heterocycles. The van der Waals surface area contributed by atoms with E-state index in [4.69, 9.17) is 34.9 Å². The van der Waals surface area contributed by atoms with Crippen molar-refractivity contribution in [1.29, 1.82) is 0 Å². The van der Waals surface area contributed by atoms with E-state index in [9.17, 15) is 4.39 Å². The molecule has 1 aliphatic heterocycles. The van der Waals surface area contributed by atoms with Gasteiger partial charge in [0.05, 0.1) is 5.92 Å². The third kappa shape index (κ3) is 7.51. The summed E-state index contributed by atoms with van der Waals surface area (Å²) in [7, 11) is 14.8. The van der Waals surface area contributed by atoms with E-state index in [-0.39, 0.29) is 29.7 Å². The number of ether oxygens (including phenoxy) is 1. The second-order valence-corrected chi connectivity index (χ2v) is 16.6. The van der Waals surface area contributed by atoms with Gasteiger partial charge >= 0.3 is 11.4 Å². The van der Waals surface area contributed by atoms with Crippen molar-refractivity contribution in [2.24, 2.45) is 0 Å². The number of anilines is 1. The van der Waals surface area contributed by atoms with Crippen molar-refractivity contribution in [2.45, 2.75) is 72.4 Å². The summed E-state index contributed by atoms with van der Waals surface area (Å²) in [5.41, 5.74) is 9.40. The lowest BCUT2D eigenvalue weighted by Gasteiger charge is -2.27. The van der Waals surface area contributed by atoms with Gasteiger partial charge in [0.15, 0.2) is 0 Å². The molecule has 1 aliphatic rings. The Hall–Kier alpha value is -1.12. The van der Waals surface area contributed by atoms with Crippen molar-refractivity contribution in [1.82, 2.24) is 0 Å². The highest BCUT2D eigenvalue weighted by atomic mass is 35.8. The zero-order valence-corrected chi connectivity index (χ0v) is 26.6. The summed E-state index contributed by atoms with van der Waals surface area (Å²) in [6, 6.07) is 15.7. The Morgan fingerprint density at radius 2 is 1.46 bits per heavy atom. The standard InChI is InChI=1S/C29H34FNO.Al.4ClH/c1-17(2)22-10-12-23(13-11-22)26-25-20(5)27(31-16-21-8-14-24(30)15-9-21)18(3)19(4)28(25)32-29(26,6)7;;;;;/h8-15,17,26,31H,16H2,1-7H3;;4*1H/q;+3;;;;/p-3. The third-order valence-corrected chi connectivity index (χ3v) is 6.97. The predicted octanol–water partition coefficient (Wildman–Crippen LogP) is 9.90. The number of halogens is 5. The van der Waals surface area contributed by atoms with Gasteiger partial charge < -0.3 is 10.1 Å². The van der Waals surface area contributed by atoms with Crippen LogP contribution in [-0.4, -0.2) is 17.0 Å². The summed E-state index contributed by atoms with van der Waals surface area (Å²) in [5.74, 6) is 1.48. The van der Waals surface area contributed by atoms with E-state index < -0.39 is 11.4 Å². The maximum absolute atomic E-state index is 13.3. The van der Waals surface area contributed by atoms with Crippen LogP contribution in [0.4, 0.5) is 10.1 Å². The molecule has 0 aliphatic carbocycles. The Morgan fingerprint density at radius 1 is 0.919 bits per heavy atom. The van der Waals surface area contributed by atoms with Crippen molar-refractivity contribution in [3.05, 3.63) is 93.3 Å². The lowest BCUT2D eigenvalue weighted by atomic mass is 9.78. The molecule has 37 heavy (non-hydrogen) atoms. The van der Waals surface area contributed by atoms with Crippen molar-refractivity contribution in [3.63, 3.8) is 0 Å². The second-order valence-electron chi connectivity index (χ2n) is 10.2. The van der Waals surface area contributed by atoms with Gasteiger partial charge in [0.1, 0.15) is 17.2 Å². The molecule has 0 amide bonds. The molecule has 4 rings (SSSR count). The predicted molar refractivity (Wildman–Crippen MR) is 162 cm³/mol. The van der Waals surface area contributed by atoms with Crippen LogP contribution in [0.3, 0.4) is 0 Å². The SMILES string of the molecule is Cc1c(C)c2c(c(C)c1NCc1ccc(F)cc1)C(c1ccc(C(C)C)cc1)C(C)(C)O2.Cl.[Cl][Al]([Cl])[Cl]. The summed E-state index contributed by atoms with van der Waals surface area (Å²) in [6.45, 7) is 16.0. The van der Waals surface area contributed by atoms with E-state index in [0.717, 1.165) is 17.0 Å². The second kappa shape index (κ2) is 13.3. The van der Waals surface area contributed by atoms with E-state index in [1.165, 1.54) is 45.5 Å². The highest BCUT2D eigenvalue weighted by Crippen LogP contribution is 2.53. The Labute approximate surface area is 244 Å². The van der Waals surface area contributed by atoms with Gasteiger partial charge in [-0.25, -0.2) is 34.5 Å². The van der Waals surface area contributed by atoms with Gasteiger partial charge in [0.25, 0.3) is 0 Å². The molecular formula is C29H35AlCl4FNO. The van der Waals surface area contributed by atoms with Crippen LogP contribution in [-0.2, 0) is 6.54 Å². The van der Waals surface area contributed by atoms with Crippen LogP contribution in [0.1, 0.15) is 78.5 Å². The van der Waals surface area contributed by atoms with Gasteiger partial charge in [-0.3, -0.25) is 0 Å². The minimum Gasteiger partial charge on any atom is -0.486 e. The first-order valence-corrected chi connectivity index (χ1v) is 17.4. The van der Waals surface area contributed by atoms with Crippen LogP contribution in [0.5, 0.6) is 5.75 Å². The van der Waals surface area contributed by atoms with Crippen LogP contribution in [0, 0.1) is 26.6 Å². The number of nitrogens with one attached hydrogen (secondary N) is 1. The van der Waals surface area contributed by atoms with Gasteiger partial charge in [-0.15, -0.1) is 12.4 Å². The van der Waals surface area contributed by atoms with Crippen LogP contribution >= 0.6 is 42.6 Å². The van der Waals surface area contributed by atoms with E-state index in [1.54, 1.807) is 0 Å². The van der Waals surface area contributed by atoms with Crippen molar-refractivity contribution >= 4 is 59.6 Å². The smallest absolute Gasteiger partial charge is 0.486 e. The Morgan fingerprint density at radius 3 is 1.97 bits per heavy atom. The molecule has 1 unspecified atom stereocenters.